The molecule has 0 spiro atoms. The fourth-order valence-electron chi connectivity index (χ4n) is 2.50. The lowest BCUT2D eigenvalue weighted by atomic mass is 9.73. The summed E-state index contributed by atoms with van der Waals surface area (Å²) in [5.74, 6) is 1.84. The maximum atomic E-state index is 12.1. The second-order valence-electron chi connectivity index (χ2n) is 5.25. The van der Waals surface area contributed by atoms with Crippen LogP contribution in [-0.2, 0) is 9.53 Å². The molecule has 0 heterocycles. The van der Waals surface area contributed by atoms with Gasteiger partial charge in [0.1, 0.15) is 0 Å². The van der Waals surface area contributed by atoms with E-state index in [1.54, 1.807) is 7.11 Å². The molecule has 0 aromatic rings. The van der Waals surface area contributed by atoms with E-state index in [4.69, 9.17) is 10.5 Å². The Bertz CT molecular complexity index is 230. The van der Waals surface area contributed by atoms with Gasteiger partial charge in [-0.25, -0.2) is 0 Å². The van der Waals surface area contributed by atoms with Gasteiger partial charge < -0.3 is 10.5 Å². The van der Waals surface area contributed by atoms with Gasteiger partial charge in [0, 0.05) is 19.6 Å². The van der Waals surface area contributed by atoms with Crippen molar-refractivity contribution >= 4 is 5.78 Å². The normalized spacial score (nSPS) is 32.4. The van der Waals surface area contributed by atoms with Crippen LogP contribution in [0.2, 0.25) is 0 Å². The highest BCUT2D eigenvalue weighted by molar-refractivity contribution is 5.86. The van der Waals surface area contributed by atoms with Gasteiger partial charge in [0.15, 0.2) is 5.78 Å². The van der Waals surface area contributed by atoms with Crippen molar-refractivity contribution in [3.8, 4) is 0 Å². The largest absolute Gasteiger partial charge is 0.385 e. The Kier molecular flexibility index (Phi) is 5.42. The summed E-state index contributed by atoms with van der Waals surface area (Å²) in [5.41, 5.74) is 5.88. The number of nitrogens with two attached hydrogens (primary N) is 1. The van der Waals surface area contributed by atoms with Crippen molar-refractivity contribution in [3.63, 3.8) is 0 Å². The average Bonchev–Trinajstić information content (AvgIpc) is 2.28. The minimum Gasteiger partial charge on any atom is -0.385 e. The van der Waals surface area contributed by atoms with Crippen LogP contribution in [0.4, 0.5) is 0 Å². The third kappa shape index (κ3) is 3.56. The van der Waals surface area contributed by atoms with Crippen LogP contribution in [0, 0.1) is 17.8 Å². The van der Waals surface area contributed by atoms with Crippen LogP contribution in [0.1, 0.15) is 39.5 Å². The molecule has 1 rings (SSSR count). The van der Waals surface area contributed by atoms with Crippen molar-refractivity contribution in [1.82, 2.24) is 0 Å². The molecule has 1 fully saturated rings. The summed E-state index contributed by atoms with van der Waals surface area (Å²) in [6, 6.07) is -0.328. The molecule has 1 aliphatic carbocycles. The van der Waals surface area contributed by atoms with Gasteiger partial charge in [-0.3, -0.25) is 4.79 Å². The van der Waals surface area contributed by atoms with Gasteiger partial charge in [-0.15, -0.1) is 0 Å². The fourth-order valence-corrected chi connectivity index (χ4v) is 2.50. The van der Waals surface area contributed by atoms with Gasteiger partial charge in [-0.2, -0.15) is 0 Å². The molecule has 4 unspecified atom stereocenters. The van der Waals surface area contributed by atoms with Gasteiger partial charge in [0.25, 0.3) is 0 Å². The summed E-state index contributed by atoms with van der Waals surface area (Å²) in [5, 5.41) is 0. The number of ether oxygens (including phenoxy) is 1. The summed E-state index contributed by atoms with van der Waals surface area (Å²) >= 11 is 0. The van der Waals surface area contributed by atoms with Crippen LogP contribution in [0.3, 0.4) is 0 Å². The highest BCUT2D eigenvalue weighted by Gasteiger charge is 2.31. The molecule has 0 amide bonds. The minimum absolute atomic E-state index is 0.193. The first kappa shape index (κ1) is 13.7. The fraction of sp³-hybridized carbons (Fsp3) is 0.923. The van der Waals surface area contributed by atoms with Crippen LogP contribution < -0.4 is 5.73 Å². The second kappa shape index (κ2) is 6.36. The molecule has 1 aliphatic rings. The van der Waals surface area contributed by atoms with E-state index in [2.05, 4.69) is 13.8 Å². The summed E-state index contributed by atoms with van der Waals surface area (Å²) in [6.07, 6.45) is 3.84. The summed E-state index contributed by atoms with van der Waals surface area (Å²) < 4.78 is 4.96. The lowest BCUT2D eigenvalue weighted by Gasteiger charge is -2.32. The van der Waals surface area contributed by atoms with E-state index in [1.165, 1.54) is 0 Å². The van der Waals surface area contributed by atoms with E-state index in [-0.39, 0.29) is 17.7 Å². The highest BCUT2D eigenvalue weighted by Crippen LogP contribution is 2.34. The molecule has 3 heteroatoms. The van der Waals surface area contributed by atoms with E-state index in [9.17, 15) is 4.79 Å². The van der Waals surface area contributed by atoms with Crippen molar-refractivity contribution in [2.75, 3.05) is 13.7 Å². The zero-order chi connectivity index (χ0) is 12.1. The molecule has 0 aromatic heterocycles. The van der Waals surface area contributed by atoms with Gasteiger partial charge >= 0.3 is 0 Å². The van der Waals surface area contributed by atoms with E-state index in [1.807, 2.05) is 0 Å². The van der Waals surface area contributed by atoms with Gasteiger partial charge in [0.05, 0.1) is 6.04 Å². The molecular formula is C13H25NO2. The Labute approximate surface area is 98.7 Å². The predicted molar refractivity (Wildman–Crippen MR) is 65.1 cm³/mol. The monoisotopic (exact) mass is 227 g/mol. The van der Waals surface area contributed by atoms with Crippen molar-refractivity contribution in [2.24, 2.45) is 23.5 Å². The maximum Gasteiger partial charge on any atom is 0.152 e. The molecule has 0 aromatic carbocycles. The average molecular weight is 227 g/mol. The third-order valence-corrected chi connectivity index (χ3v) is 4.00. The van der Waals surface area contributed by atoms with Gasteiger partial charge in [-0.05, 0) is 37.5 Å². The van der Waals surface area contributed by atoms with Crippen LogP contribution >= 0.6 is 0 Å². The lowest BCUT2D eigenvalue weighted by molar-refractivity contribution is -0.126. The first-order valence-electron chi connectivity index (χ1n) is 6.34. The number of hydrogen-bond donors (Lipinski definition) is 1. The number of ketones is 1. The summed E-state index contributed by atoms with van der Waals surface area (Å²) in [4.78, 5) is 12.1. The van der Waals surface area contributed by atoms with Crippen LogP contribution in [0.15, 0.2) is 0 Å². The number of methoxy groups -OCH3 is 1. The van der Waals surface area contributed by atoms with E-state index >= 15 is 0 Å². The van der Waals surface area contributed by atoms with Crippen molar-refractivity contribution in [1.29, 1.82) is 0 Å². The molecule has 0 radical (unpaired) electrons. The van der Waals surface area contributed by atoms with Gasteiger partial charge in [0.2, 0.25) is 0 Å². The molecule has 4 atom stereocenters. The van der Waals surface area contributed by atoms with Crippen LogP contribution in [-0.4, -0.2) is 25.5 Å². The number of carbonyl (C=O) groups excluding carboxylic acids is 1. The number of Topliss-reactive ketones (excluding diaryl/α,β-unsaturated/α-hetero) is 1. The summed E-state index contributed by atoms with van der Waals surface area (Å²) in [7, 11) is 1.64. The number of rotatable bonds is 5. The molecule has 0 saturated heterocycles. The van der Waals surface area contributed by atoms with E-state index < -0.39 is 0 Å². The SMILES string of the molecule is COCCC(N)C(=O)C1CCC(C)C(C)C1. The molecular weight excluding hydrogens is 202 g/mol. The van der Waals surface area contributed by atoms with E-state index in [0.29, 0.717) is 18.9 Å². The predicted octanol–water partition coefficient (Wildman–Crippen LogP) is 1.99. The Morgan fingerprint density at radius 2 is 2.06 bits per heavy atom. The Balaban J connectivity index is 2.42. The van der Waals surface area contributed by atoms with Crippen molar-refractivity contribution in [3.05, 3.63) is 0 Å². The molecule has 2 N–H and O–H groups in total. The first-order valence-corrected chi connectivity index (χ1v) is 6.34. The quantitative estimate of drug-likeness (QED) is 0.781. The summed E-state index contributed by atoms with van der Waals surface area (Å²) in [6.45, 7) is 5.09. The zero-order valence-electron chi connectivity index (χ0n) is 10.7. The zero-order valence-corrected chi connectivity index (χ0v) is 10.7. The standard InChI is InChI=1S/C13H25NO2/c1-9-4-5-11(8-10(9)2)13(15)12(14)6-7-16-3/h9-12H,4-8,14H2,1-3H3. The lowest BCUT2D eigenvalue weighted by Crippen LogP contribution is -2.39. The molecule has 94 valence electrons. The van der Waals surface area contributed by atoms with Crippen molar-refractivity contribution < 1.29 is 9.53 Å². The smallest absolute Gasteiger partial charge is 0.152 e. The maximum absolute atomic E-state index is 12.1. The molecule has 0 aliphatic heterocycles. The number of hydrogen-bond acceptors (Lipinski definition) is 3. The number of carbonyl (C=O) groups is 1. The molecule has 1 saturated carbocycles. The Morgan fingerprint density at radius 3 is 2.62 bits per heavy atom. The molecule has 3 nitrogen and oxygen atoms in total. The minimum atomic E-state index is -0.328. The van der Waals surface area contributed by atoms with E-state index in [0.717, 1.165) is 25.2 Å². The van der Waals surface area contributed by atoms with Gasteiger partial charge in [-0.1, -0.05) is 13.8 Å². The van der Waals surface area contributed by atoms with Crippen molar-refractivity contribution in [2.45, 2.75) is 45.6 Å². The molecule has 16 heavy (non-hydrogen) atoms. The van der Waals surface area contributed by atoms with Crippen LogP contribution in [0.25, 0.3) is 0 Å². The Hall–Kier alpha value is -0.410. The molecule has 0 bridgehead atoms. The Morgan fingerprint density at radius 1 is 1.38 bits per heavy atom. The first-order chi connectivity index (χ1) is 7.56. The topological polar surface area (TPSA) is 52.3 Å². The highest BCUT2D eigenvalue weighted by atomic mass is 16.5. The third-order valence-electron chi connectivity index (χ3n) is 4.00. The van der Waals surface area contributed by atoms with Crippen LogP contribution in [0.5, 0.6) is 0 Å². The second-order valence-corrected chi connectivity index (χ2v) is 5.25.